The van der Waals surface area contributed by atoms with Gasteiger partial charge in [-0.25, -0.2) is 4.39 Å². The Labute approximate surface area is 127 Å². The molecule has 1 unspecified atom stereocenters. The monoisotopic (exact) mass is 369 g/mol. The summed E-state index contributed by atoms with van der Waals surface area (Å²) in [5.41, 5.74) is 3.45. The Bertz CT molecular complexity index is 568. The Morgan fingerprint density at radius 2 is 2.00 bits per heavy atom. The molecule has 19 heavy (non-hydrogen) atoms. The molecular formula is C16H17FIN. The fourth-order valence-electron chi connectivity index (χ4n) is 2.22. The number of benzene rings is 2. The fraction of sp³-hybridized carbons (Fsp3) is 0.250. The van der Waals surface area contributed by atoms with Crippen LogP contribution in [0.1, 0.15) is 22.7 Å². The maximum absolute atomic E-state index is 13.1. The van der Waals surface area contributed by atoms with Gasteiger partial charge in [0.2, 0.25) is 0 Å². The van der Waals surface area contributed by atoms with E-state index >= 15 is 0 Å². The fourth-order valence-corrected chi connectivity index (χ4v) is 2.79. The third-order valence-electron chi connectivity index (χ3n) is 3.33. The molecule has 2 aromatic carbocycles. The molecular weight excluding hydrogens is 352 g/mol. The lowest BCUT2D eigenvalue weighted by molar-refractivity contribution is 0.586. The lowest BCUT2D eigenvalue weighted by Gasteiger charge is -2.18. The topological polar surface area (TPSA) is 12.0 Å². The number of rotatable bonds is 4. The van der Waals surface area contributed by atoms with Crippen molar-refractivity contribution in [2.45, 2.75) is 19.4 Å². The SMILES string of the molecule is CNC(Cc1ccc(F)cc1C)c1cccc(I)c1. The van der Waals surface area contributed by atoms with Crippen molar-refractivity contribution in [1.82, 2.24) is 5.32 Å². The summed E-state index contributed by atoms with van der Waals surface area (Å²) in [6.45, 7) is 1.96. The number of aryl methyl sites for hydroxylation is 1. The highest BCUT2D eigenvalue weighted by atomic mass is 127. The molecule has 0 aliphatic carbocycles. The van der Waals surface area contributed by atoms with Gasteiger partial charge >= 0.3 is 0 Å². The van der Waals surface area contributed by atoms with Crippen LogP contribution in [0.3, 0.4) is 0 Å². The van der Waals surface area contributed by atoms with Crippen LogP contribution in [0.25, 0.3) is 0 Å². The van der Waals surface area contributed by atoms with Gasteiger partial charge in [0.05, 0.1) is 0 Å². The molecule has 0 fully saturated rings. The second kappa shape index (κ2) is 6.48. The minimum absolute atomic E-state index is 0.170. The van der Waals surface area contributed by atoms with E-state index < -0.39 is 0 Å². The summed E-state index contributed by atoms with van der Waals surface area (Å²) in [5, 5.41) is 3.34. The largest absolute Gasteiger partial charge is 0.313 e. The van der Waals surface area contributed by atoms with E-state index in [2.05, 4.69) is 52.2 Å². The van der Waals surface area contributed by atoms with Crippen LogP contribution < -0.4 is 5.32 Å². The zero-order valence-corrected chi connectivity index (χ0v) is 13.2. The lowest BCUT2D eigenvalue weighted by atomic mass is 9.96. The van der Waals surface area contributed by atoms with Crippen molar-refractivity contribution < 1.29 is 4.39 Å². The number of hydrogen-bond donors (Lipinski definition) is 1. The van der Waals surface area contributed by atoms with E-state index in [0.717, 1.165) is 12.0 Å². The first kappa shape index (κ1) is 14.5. The molecule has 1 atom stereocenters. The van der Waals surface area contributed by atoms with Crippen molar-refractivity contribution in [2.24, 2.45) is 0 Å². The van der Waals surface area contributed by atoms with E-state index in [1.807, 2.05) is 20.0 Å². The Kier molecular flexibility index (Phi) is 4.93. The molecule has 3 heteroatoms. The Balaban J connectivity index is 2.24. The molecule has 0 heterocycles. The third kappa shape index (κ3) is 3.76. The molecule has 0 radical (unpaired) electrons. The first-order chi connectivity index (χ1) is 9.10. The molecule has 2 rings (SSSR count). The minimum Gasteiger partial charge on any atom is -0.313 e. The van der Waals surface area contributed by atoms with Gasteiger partial charge in [0.1, 0.15) is 5.82 Å². The van der Waals surface area contributed by atoms with E-state index in [-0.39, 0.29) is 11.9 Å². The smallest absolute Gasteiger partial charge is 0.123 e. The Morgan fingerprint density at radius 1 is 1.21 bits per heavy atom. The molecule has 0 aromatic heterocycles. The predicted octanol–water partition coefficient (Wildman–Crippen LogP) is 4.24. The molecule has 0 spiro atoms. The molecule has 0 aliphatic rings. The van der Waals surface area contributed by atoms with Crippen molar-refractivity contribution in [1.29, 1.82) is 0 Å². The summed E-state index contributed by atoms with van der Waals surface area (Å²) in [5.74, 6) is -0.170. The molecule has 0 aliphatic heterocycles. The van der Waals surface area contributed by atoms with Gasteiger partial charge < -0.3 is 5.32 Å². The van der Waals surface area contributed by atoms with Crippen LogP contribution in [-0.2, 0) is 6.42 Å². The zero-order chi connectivity index (χ0) is 13.8. The van der Waals surface area contributed by atoms with Gasteiger partial charge in [-0.1, -0.05) is 18.2 Å². The van der Waals surface area contributed by atoms with Crippen molar-refractivity contribution >= 4 is 22.6 Å². The predicted molar refractivity (Wildman–Crippen MR) is 85.8 cm³/mol. The summed E-state index contributed by atoms with van der Waals surface area (Å²) in [7, 11) is 1.96. The van der Waals surface area contributed by atoms with Gasteiger partial charge in [-0.05, 0) is 83.9 Å². The van der Waals surface area contributed by atoms with Crippen molar-refractivity contribution in [3.63, 3.8) is 0 Å². The molecule has 1 N–H and O–H groups in total. The van der Waals surface area contributed by atoms with Crippen molar-refractivity contribution in [3.8, 4) is 0 Å². The number of hydrogen-bond acceptors (Lipinski definition) is 1. The lowest BCUT2D eigenvalue weighted by Crippen LogP contribution is -2.19. The highest BCUT2D eigenvalue weighted by Crippen LogP contribution is 2.22. The third-order valence-corrected chi connectivity index (χ3v) is 4.00. The number of nitrogens with one attached hydrogen (secondary N) is 1. The second-order valence-electron chi connectivity index (χ2n) is 4.67. The van der Waals surface area contributed by atoms with Gasteiger partial charge in [0, 0.05) is 9.61 Å². The van der Waals surface area contributed by atoms with Crippen LogP contribution in [0, 0.1) is 16.3 Å². The summed E-state index contributed by atoms with van der Waals surface area (Å²) < 4.78 is 14.4. The molecule has 2 aromatic rings. The molecule has 0 amide bonds. The average molecular weight is 369 g/mol. The van der Waals surface area contributed by atoms with Gasteiger partial charge in [0.25, 0.3) is 0 Å². The van der Waals surface area contributed by atoms with Crippen LogP contribution in [0.5, 0.6) is 0 Å². The summed E-state index contributed by atoms with van der Waals surface area (Å²) in [6, 6.07) is 13.7. The van der Waals surface area contributed by atoms with E-state index in [9.17, 15) is 4.39 Å². The van der Waals surface area contributed by atoms with Gasteiger partial charge in [0.15, 0.2) is 0 Å². The minimum atomic E-state index is -0.170. The van der Waals surface area contributed by atoms with Gasteiger partial charge in [-0.3, -0.25) is 0 Å². The standard InChI is InChI=1S/C16H17FIN/c1-11-8-14(17)7-6-12(11)10-16(19-2)13-4-3-5-15(18)9-13/h3-9,16,19H,10H2,1-2H3. The first-order valence-electron chi connectivity index (χ1n) is 6.28. The summed E-state index contributed by atoms with van der Waals surface area (Å²) in [4.78, 5) is 0. The first-order valence-corrected chi connectivity index (χ1v) is 7.36. The van der Waals surface area contributed by atoms with Crippen LogP contribution in [0.15, 0.2) is 42.5 Å². The zero-order valence-electron chi connectivity index (χ0n) is 11.1. The van der Waals surface area contributed by atoms with Crippen LogP contribution >= 0.6 is 22.6 Å². The van der Waals surface area contributed by atoms with Crippen LogP contribution in [0.2, 0.25) is 0 Å². The number of halogens is 2. The number of likely N-dealkylation sites (N-methyl/N-ethyl adjacent to an activating group) is 1. The Hall–Kier alpha value is -0.940. The summed E-state index contributed by atoms with van der Waals surface area (Å²) in [6.07, 6.45) is 0.864. The van der Waals surface area contributed by atoms with Gasteiger partial charge in [-0.15, -0.1) is 0 Å². The highest BCUT2D eigenvalue weighted by Gasteiger charge is 2.12. The second-order valence-corrected chi connectivity index (χ2v) is 5.92. The van der Waals surface area contributed by atoms with Gasteiger partial charge in [-0.2, -0.15) is 0 Å². The maximum atomic E-state index is 13.1. The van der Waals surface area contributed by atoms with E-state index in [1.54, 1.807) is 6.07 Å². The maximum Gasteiger partial charge on any atom is 0.123 e. The van der Waals surface area contributed by atoms with E-state index in [4.69, 9.17) is 0 Å². The highest BCUT2D eigenvalue weighted by molar-refractivity contribution is 14.1. The van der Waals surface area contributed by atoms with Crippen LogP contribution in [-0.4, -0.2) is 7.05 Å². The molecule has 1 nitrogen and oxygen atoms in total. The molecule has 0 saturated carbocycles. The van der Waals surface area contributed by atoms with E-state index in [1.165, 1.54) is 20.8 Å². The van der Waals surface area contributed by atoms with Crippen molar-refractivity contribution in [3.05, 3.63) is 68.5 Å². The average Bonchev–Trinajstić information content (AvgIpc) is 2.38. The van der Waals surface area contributed by atoms with Crippen molar-refractivity contribution in [2.75, 3.05) is 7.05 Å². The molecule has 0 bridgehead atoms. The van der Waals surface area contributed by atoms with Crippen LogP contribution in [0.4, 0.5) is 4.39 Å². The molecule has 100 valence electrons. The quantitative estimate of drug-likeness (QED) is 0.795. The normalized spacial score (nSPS) is 12.4. The summed E-state index contributed by atoms with van der Waals surface area (Å²) >= 11 is 2.32. The Morgan fingerprint density at radius 3 is 2.63 bits per heavy atom. The van der Waals surface area contributed by atoms with E-state index in [0.29, 0.717) is 0 Å². The molecule has 0 saturated heterocycles.